The summed E-state index contributed by atoms with van der Waals surface area (Å²) in [5.74, 6) is 0.822. The third-order valence-corrected chi connectivity index (χ3v) is 5.77. The average Bonchev–Trinajstić information content (AvgIpc) is 3.39. The standard InChI is InChI=1S/C27H25N3O2/c1-27(19-31-24-10-6-3-7-11-24)18-25(30-17-16-28-20-30)26(29-32-27)23-14-12-22(13-15-23)21-8-4-2-5-9-21/h2-17,20,25H,18-19H2,1H3. The lowest BCUT2D eigenvalue weighted by molar-refractivity contribution is -0.0781. The number of ether oxygens (including phenoxy) is 1. The summed E-state index contributed by atoms with van der Waals surface area (Å²) in [6, 6.07) is 28.6. The molecule has 1 aliphatic heterocycles. The molecule has 0 N–H and O–H groups in total. The Morgan fingerprint density at radius 3 is 2.25 bits per heavy atom. The number of nitrogens with zero attached hydrogens (tertiary/aromatic N) is 3. The predicted molar refractivity (Wildman–Crippen MR) is 126 cm³/mol. The van der Waals surface area contributed by atoms with Crippen LogP contribution in [0.1, 0.15) is 24.9 Å². The van der Waals surface area contributed by atoms with Gasteiger partial charge >= 0.3 is 0 Å². The third-order valence-electron chi connectivity index (χ3n) is 5.77. The highest BCUT2D eigenvalue weighted by Crippen LogP contribution is 2.34. The van der Waals surface area contributed by atoms with Gasteiger partial charge in [0, 0.05) is 24.4 Å². The summed E-state index contributed by atoms with van der Waals surface area (Å²) in [6.45, 7) is 2.45. The first-order chi connectivity index (χ1) is 15.7. The van der Waals surface area contributed by atoms with Gasteiger partial charge in [-0.25, -0.2) is 4.98 Å². The summed E-state index contributed by atoms with van der Waals surface area (Å²) in [5, 5.41) is 4.59. The number of rotatable bonds is 6. The maximum absolute atomic E-state index is 6.03. The minimum Gasteiger partial charge on any atom is -0.489 e. The van der Waals surface area contributed by atoms with E-state index in [9.17, 15) is 0 Å². The van der Waals surface area contributed by atoms with Gasteiger partial charge in [-0.2, -0.15) is 0 Å². The summed E-state index contributed by atoms with van der Waals surface area (Å²) in [6.07, 6.45) is 6.32. The lowest BCUT2D eigenvalue weighted by Crippen LogP contribution is -2.42. The molecule has 4 aromatic rings. The van der Waals surface area contributed by atoms with E-state index in [4.69, 9.17) is 9.57 Å². The molecule has 0 spiro atoms. The molecular weight excluding hydrogens is 398 g/mol. The maximum Gasteiger partial charge on any atom is 0.171 e. The SMILES string of the molecule is CC1(COc2ccccc2)CC(n2ccnc2)C(c2ccc(-c3ccccc3)cc2)=NO1. The lowest BCUT2D eigenvalue weighted by Gasteiger charge is -2.36. The van der Waals surface area contributed by atoms with E-state index in [1.54, 1.807) is 6.20 Å². The molecule has 1 aliphatic rings. The Labute approximate surface area is 188 Å². The van der Waals surface area contributed by atoms with Crippen molar-refractivity contribution in [3.05, 3.63) is 109 Å². The zero-order chi connectivity index (χ0) is 21.8. The number of hydrogen-bond acceptors (Lipinski definition) is 4. The highest BCUT2D eigenvalue weighted by molar-refractivity contribution is 6.03. The molecule has 0 amide bonds. The molecule has 5 rings (SSSR count). The summed E-state index contributed by atoms with van der Waals surface area (Å²) in [7, 11) is 0. The van der Waals surface area contributed by atoms with Crippen LogP contribution in [0.3, 0.4) is 0 Å². The highest BCUT2D eigenvalue weighted by Gasteiger charge is 2.39. The number of imidazole rings is 1. The number of para-hydroxylation sites is 1. The second-order valence-corrected chi connectivity index (χ2v) is 8.29. The van der Waals surface area contributed by atoms with E-state index >= 15 is 0 Å². The van der Waals surface area contributed by atoms with Crippen molar-refractivity contribution in [3.63, 3.8) is 0 Å². The van der Waals surface area contributed by atoms with Crippen molar-refractivity contribution in [2.24, 2.45) is 5.16 Å². The van der Waals surface area contributed by atoms with Crippen molar-refractivity contribution in [2.75, 3.05) is 6.61 Å². The van der Waals surface area contributed by atoms with Crippen LogP contribution in [0.15, 0.2) is 109 Å². The highest BCUT2D eigenvalue weighted by atomic mass is 16.7. The van der Waals surface area contributed by atoms with Gasteiger partial charge in [0.25, 0.3) is 0 Å². The molecule has 0 aliphatic carbocycles. The van der Waals surface area contributed by atoms with Crippen LogP contribution in [0.5, 0.6) is 5.75 Å². The maximum atomic E-state index is 6.03. The first kappa shape index (κ1) is 20.1. The summed E-state index contributed by atoms with van der Waals surface area (Å²) in [5.41, 5.74) is 3.73. The van der Waals surface area contributed by atoms with Crippen LogP contribution in [0.4, 0.5) is 0 Å². The van der Waals surface area contributed by atoms with Crippen molar-refractivity contribution in [1.29, 1.82) is 0 Å². The zero-order valence-corrected chi connectivity index (χ0v) is 18.0. The molecule has 2 unspecified atom stereocenters. The van der Waals surface area contributed by atoms with Gasteiger partial charge in [-0.3, -0.25) is 0 Å². The molecule has 5 nitrogen and oxygen atoms in total. The first-order valence-corrected chi connectivity index (χ1v) is 10.8. The molecule has 0 bridgehead atoms. The molecule has 0 radical (unpaired) electrons. The minimum absolute atomic E-state index is 0.00167. The molecule has 0 saturated carbocycles. The van der Waals surface area contributed by atoms with E-state index < -0.39 is 5.60 Å². The largest absolute Gasteiger partial charge is 0.489 e. The molecule has 1 aromatic heterocycles. The van der Waals surface area contributed by atoms with Crippen molar-refractivity contribution in [3.8, 4) is 16.9 Å². The van der Waals surface area contributed by atoms with E-state index in [1.807, 2.05) is 55.8 Å². The fraction of sp³-hybridized carbons (Fsp3) is 0.185. The van der Waals surface area contributed by atoms with E-state index in [-0.39, 0.29) is 6.04 Å². The van der Waals surface area contributed by atoms with Gasteiger partial charge in [0.1, 0.15) is 18.1 Å². The van der Waals surface area contributed by atoms with Gasteiger partial charge in [-0.1, -0.05) is 78.0 Å². The van der Waals surface area contributed by atoms with Crippen LogP contribution in [-0.4, -0.2) is 27.5 Å². The fourth-order valence-corrected chi connectivity index (χ4v) is 4.01. The van der Waals surface area contributed by atoms with Gasteiger partial charge in [0.15, 0.2) is 5.60 Å². The number of aromatic nitrogens is 2. The molecule has 3 aromatic carbocycles. The van der Waals surface area contributed by atoms with Gasteiger partial charge < -0.3 is 14.1 Å². The summed E-state index contributed by atoms with van der Waals surface area (Å²) in [4.78, 5) is 10.3. The number of oxime groups is 1. The molecule has 2 heterocycles. The van der Waals surface area contributed by atoms with Crippen LogP contribution in [-0.2, 0) is 4.84 Å². The minimum atomic E-state index is -0.557. The third kappa shape index (κ3) is 4.28. The number of hydrogen-bond donors (Lipinski definition) is 0. The normalized spacial score (nSPS) is 20.3. The van der Waals surface area contributed by atoms with E-state index in [2.05, 4.69) is 63.2 Å². The summed E-state index contributed by atoms with van der Waals surface area (Å²) < 4.78 is 8.09. The van der Waals surface area contributed by atoms with E-state index in [0.29, 0.717) is 6.61 Å². The molecule has 0 saturated heterocycles. The number of benzene rings is 3. The Bertz CT molecular complexity index is 1170. The zero-order valence-electron chi connectivity index (χ0n) is 18.0. The first-order valence-electron chi connectivity index (χ1n) is 10.8. The second kappa shape index (κ2) is 8.71. The lowest BCUT2D eigenvalue weighted by atomic mass is 9.90. The summed E-state index contributed by atoms with van der Waals surface area (Å²) >= 11 is 0. The molecule has 160 valence electrons. The van der Waals surface area contributed by atoms with Gasteiger partial charge in [0.2, 0.25) is 0 Å². The van der Waals surface area contributed by atoms with Gasteiger partial charge in [0.05, 0.1) is 12.4 Å². The Morgan fingerprint density at radius 2 is 1.56 bits per heavy atom. The van der Waals surface area contributed by atoms with Crippen LogP contribution in [0.25, 0.3) is 11.1 Å². The smallest absolute Gasteiger partial charge is 0.171 e. The van der Waals surface area contributed by atoms with Crippen LogP contribution in [0.2, 0.25) is 0 Å². The monoisotopic (exact) mass is 423 g/mol. The van der Waals surface area contributed by atoms with Gasteiger partial charge in [-0.05, 0) is 30.2 Å². The van der Waals surface area contributed by atoms with E-state index in [1.165, 1.54) is 11.1 Å². The molecule has 32 heavy (non-hydrogen) atoms. The van der Waals surface area contributed by atoms with Gasteiger partial charge in [-0.15, -0.1) is 0 Å². The molecular formula is C27H25N3O2. The second-order valence-electron chi connectivity index (χ2n) is 8.29. The molecule has 2 atom stereocenters. The van der Waals surface area contributed by atoms with Crippen LogP contribution < -0.4 is 4.74 Å². The van der Waals surface area contributed by atoms with E-state index in [0.717, 1.165) is 23.4 Å². The van der Waals surface area contributed by atoms with Crippen molar-refractivity contribution in [1.82, 2.24) is 9.55 Å². The van der Waals surface area contributed by atoms with Crippen LogP contribution >= 0.6 is 0 Å². The Kier molecular flexibility index (Phi) is 5.46. The Hall–Kier alpha value is -3.86. The molecule has 5 heteroatoms. The predicted octanol–water partition coefficient (Wildman–Crippen LogP) is 5.75. The average molecular weight is 424 g/mol. The Morgan fingerprint density at radius 1 is 0.906 bits per heavy atom. The van der Waals surface area contributed by atoms with Crippen LogP contribution in [0, 0.1) is 0 Å². The van der Waals surface area contributed by atoms with Crippen molar-refractivity contribution < 1.29 is 9.57 Å². The molecule has 0 fully saturated rings. The fourth-order valence-electron chi connectivity index (χ4n) is 4.01. The topological polar surface area (TPSA) is 48.6 Å². The van der Waals surface area contributed by atoms with Crippen molar-refractivity contribution >= 4 is 5.71 Å². The van der Waals surface area contributed by atoms with Crippen molar-refractivity contribution in [2.45, 2.75) is 25.0 Å². The Balaban J connectivity index is 1.41. The quantitative estimate of drug-likeness (QED) is 0.397.